The van der Waals surface area contributed by atoms with Gasteiger partial charge in [0.15, 0.2) is 0 Å². The Hall–Kier alpha value is -16.5. The molecule has 0 saturated carbocycles. The number of hydrogen-bond donors (Lipinski definition) is 0. The van der Waals surface area contributed by atoms with Crippen LogP contribution in [0.15, 0.2) is 170 Å². The van der Waals surface area contributed by atoms with Crippen molar-refractivity contribution in [1.82, 2.24) is 0 Å². The number of nitrogens with zero attached hydrogens (tertiary/aromatic N) is 12. The maximum atomic E-state index is 9.87. The molecule has 112 heavy (non-hydrogen) atoms. The number of aryl methyl sites for hydroxylation is 8. The van der Waals surface area contributed by atoms with Crippen LogP contribution in [-0.4, -0.2) is 0 Å². The Morgan fingerprint density at radius 3 is 0.473 bits per heavy atom. The molecular weight excluding hydrogens is 1370 g/mol. The molecule has 20 aromatic carbocycles. The molecule has 0 aliphatic rings. The molecule has 0 heterocycles. The fourth-order valence-corrected chi connectivity index (χ4v) is 18.5. The standard InChI is InChI=1S/4C25H13N3/c2*1-13-3-6-20-23-17(12-28)9-14(2)22-16(11-27)5-8-19(25(22)23)18-7-4-15(10-26)21(13)24(18)20;2*1-13-3-6-18-19-7-4-14(2)22-16(11-27)9-17(12-28)23(25(19)22)20-8-5-15(10-26)21(13)24(18)20/h4*3-9H,1-2H3. The van der Waals surface area contributed by atoms with Crippen molar-refractivity contribution >= 4 is 172 Å². The fourth-order valence-electron chi connectivity index (χ4n) is 18.5. The molecule has 0 amide bonds. The Morgan fingerprint density at radius 1 is 0.125 bits per heavy atom. The predicted octanol–water partition coefficient (Wildman–Crippen LogP) is 23.9. The van der Waals surface area contributed by atoms with Crippen LogP contribution in [-0.2, 0) is 0 Å². The highest BCUT2D eigenvalue weighted by Gasteiger charge is 2.27. The summed E-state index contributed by atoms with van der Waals surface area (Å²) in [5.41, 5.74) is 15.0. The third-order valence-electron chi connectivity index (χ3n) is 23.1. The molecule has 20 rings (SSSR count). The smallest absolute Gasteiger partial charge is 0.0998 e. The van der Waals surface area contributed by atoms with Crippen LogP contribution in [0.1, 0.15) is 111 Å². The Bertz CT molecular complexity index is 7720. The summed E-state index contributed by atoms with van der Waals surface area (Å²) in [6.07, 6.45) is 0. The van der Waals surface area contributed by atoms with E-state index in [1.54, 1.807) is 12.1 Å². The third-order valence-corrected chi connectivity index (χ3v) is 23.1. The first kappa shape index (κ1) is 68.6. The zero-order valence-corrected chi connectivity index (χ0v) is 61.5. The summed E-state index contributed by atoms with van der Waals surface area (Å²) in [7, 11) is 0. The average molecular weight is 1420 g/mol. The van der Waals surface area contributed by atoms with Crippen LogP contribution in [0, 0.1) is 191 Å². The number of nitriles is 12. The summed E-state index contributed by atoms with van der Waals surface area (Å²) in [4.78, 5) is 0. The second-order valence-electron chi connectivity index (χ2n) is 28.8. The van der Waals surface area contributed by atoms with Crippen molar-refractivity contribution in [3.8, 4) is 72.8 Å². The molecule has 0 aliphatic heterocycles. The molecular formula is C100H52N12. The highest BCUT2D eigenvalue weighted by molar-refractivity contribution is 6.40. The van der Waals surface area contributed by atoms with E-state index < -0.39 is 0 Å². The molecule has 0 aromatic heterocycles. The quantitative estimate of drug-likeness (QED) is 0.101. The molecule has 20 aromatic rings. The van der Waals surface area contributed by atoms with Gasteiger partial charge in [0.05, 0.1) is 140 Å². The van der Waals surface area contributed by atoms with Gasteiger partial charge in [0, 0.05) is 86.2 Å². The minimum Gasteiger partial charge on any atom is -0.192 e. The van der Waals surface area contributed by atoms with Crippen molar-refractivity contribution in [3.63, 3.8) is 0 Å². The van der Waals surface area contributed by atoms with E-state index in [0.29, 0.717) is 66.8 Å². The first-order valence-corrected chi connectivity index (χ1v) is 35.9. The van der Waals surface area contributed by atoms with Gasteiger partial charge in [0.25, 0.3) is 0 Å². The molecule has 0 radical (unpaired) electrons. The van der Waals surface area contributed by atoms with Crippen molar-refractivity contribution in [2.75, 3.05) is 0 Å². The molecule has 12 heteroatoms. The van der Waals surface area contributed by atoms with E-state index >= 15 is 0 Å². The fraction of sp³-hybridized carbons (Fsp3) is 0.0800. The van der Waals surface area contributed by atoms with Gasteiger partial charge in [-0.3, -0.25) is 0 Å². The summed E-state index contributed by atoms with van der Waals surface area (Å²) in [5, 5.41) is 148. The largest absolute Gasteiger partial charge is 0.192 e. The lowest BCUT2D eigenvalue weighted by molar-refractivity contribution is 1.46. The maximum Gasteiger partial charge on any atom is 0.0998 e. The third kappa shape index (κ3) is 9.41. The van der Waals surface area contributed by atoms with Gasteiger partial charge in [0.2, 0.25) is 0 Å². The Labute approximate surface area is 640 Å². The summed E-state index contributed by atoms with van der Waals surface area (Å²) < 4.78 is 0. The SMILES string of the molecule is Cc1ccc2c3c(C#N)cc(C)c4c(C#N)ccc(c5ccc(C#N)c1c52)c43.Cc1ccc2c3c(C#N)cc(C)c4c(C#N)ccc(c5ccc(C#N)c1c52)c43.Cc1ccc2c3ccc(C)c4c(C#N)cc(C#N)c(c5ccc(C#N)c1c25)c43.Cc1ccc2c3ccc(C)c4c(C#N)cc(C#N)c(c5ccc(C#N)c1c25)c43. The van der Waals surface area contributed by atoms with Gasteiger partial charge in [-0.2, -0.15) is 63.1 Å². The minimum atomic E-state index is 0.495. The molecule has 0 saturated heterocycles. The van der Waals surface area contributed by atoms with Crippen LogP contribution in [0.3, 0.4) is 0 Å². The number of rotatable bonds is 0. The van der Waals surface area contributed by atoms with E-state index in [2.05, 4.69) is 97.1 Å². The van der Waals surface area contributed by atoms with Crippen LogP contribution in [0.4, 0.5) is 0 Å². The minimum absolute atomic E-state index is 0.495. The highest BCUT2D eigenvalue weighted by Crippen LogP contribution is 2.51. The van der Waals surface area contributed by atoms with Crippen LogP contribution in [0.25, 0.3) is 172 Å². The monoisotopic (exact) mass is 1420 g/mol. The molecule has 0 atom stereocenters. The van der Waals surface area contributed by atoms with Crippen molar-refractivity contribution in [3.05, 3.63) is 281 Å². The van der Waals surface area contributed by atoms with Gasteiger partial charge in [-0.15, -0.1) is 0 Å². The summed E-state index contributed by atoms with van der Waals surface area (Å²) in [6.45, 7) is 15.9. The molecule has 512 valence electrons. The number of hydrogen-bond acceptors (Lipinski definition) is 12. The van der Waals surface area contributed by atoms with Gasteiger partial charge >= 0.3 is 0 Å². The zero-order chi connectivity index (χ0) is 78.3. The molecule has 0 unspecified atom stereocenters. The lowest BCUT2D eigenvalue weighted by Gasteiger charge is -2.18. The lowest BCUT2D eigenvalue weighted by Crippen LogP contribution is -1.95. The first-order chi connectivity index (χ1) is 54.4. The van der Waals surface area contributed by atoms with Crippen LogP contribution in [0.5, 0.6) is 0 Å². The zero-order valence-electron chi connectivity index (χ0n) is 61.5. The second kappa shape index (κ2) is 25.6. The van der Waals surface area contributed by atoms with Crippen molar-refractivity contribution in [2.24, 2.45) is 0 Å². The molecule has 0 bridgehead atoms. The Morgan fingerprint density at radius 2 is 0.268 bits per heavy atom. The topological polar surface area (TPSA) is 285 Å². The number of fused-ring (bicyclic) bond motifs is 8. The van der Waals surface area contributed by atoms with Crippen LogP contribution >= 0.6 is 0 Å². The van der Waals surface area contributed by atoms with Crippen molar-refractivity contribution < 1.29 is 0 Å². The summed E-state index contributed by atoms with van der Waals surface area (Å²) >= 11 is 0. The first-order valence-electron chi connectivity index (χ1n) is 35.9. The lowest BCUT2D eigenvalue weighted by atomic mass is 9.83. The van der Waals surface area contributed by atoms with E-state index in [0.717, 1.165) is 217 Å². The van der Waals surface area contributed by atoms with E-state index in [1.807, 2.05) is 189 Å². The van der Waals surface area contributed by atoms with E-state index in [4.69, 9.17) is 0 Å². The van der Waals surface area contributed by atoms with Crippen molar-refractivity contribution in [1.29, 1.82) is 63.1 Å². The predicted molar refractivity (Wildman–Crippen MR) is 445 cm³/mol. The van der Waals surface area contributed by atoms with Crippen molar-refractivity contribution in [2.45, 2.75) is 55.4 Å². The molecule has 0 fully saturated rings. The summed E-state index contributed by atoms with van der Waals surface area (Å²) in [6, 6.07) is 82.2. The van der Waals surface area contributed by atoms with E-state index in [-0.39, 0.29) is 0 Å². The maximum absolute atomic E-state index is 9.87. The molecule has 0 aliphatic carbocycles. The van der Waals surface area contributed by atoms with Gasteiger partial charge in [0.1, 0.15) is 0 Å². The van der Waals surface area contributed by atoms with Gasteiger partial charge in [-0.1, -0.05) is 109 Å². The van der Waals surface area contributed by atoms with Crippen LogP contribution < -0.4 is 0 Å². The average Bonchev–Trinajstić information content (AvgIpc) is 0.721. The molecule has 12 nitrogen and oxygen atoms in total. The Balaban J connectivity index is 0.000000108. The van der Waals surface area contributed by atoms with Gasteiger partial charge in [-0.05, 0) is 247 Å². The number of benzene rings is 20. The summed E-state index contributed by atoms with van der Waals surface area (Å²) in [5.74, 6) is 0. The normalized spacial score (nSPS) is 11.1. The molecule has 0 N–H and O–H groups in total. The van der Waals surface area contributed by atoms with E-state index in [1.165, 1.54) is 0 Å². The van der Waals surface area contributed by atoms with Gasteiger partial charge in [-0.25, -0.2) is 0 Å². The van der Waals surface area contributed by atoms with Crippen LogP contribution in [0.2, 0.25) is 0 Å². The highest BCUT2D eigenvalue weighted by atomic mass is 14.4. The van der Waals surface area contributed by atoms with E-state index in [9.17, 15) is 63.1 Å². The van der Waals surface area contributed by atoms with Gasteiger partial charge < -0.3 is 0 Å². The Kier molecular flexibility index (Phi) is 15.7. The molecule has 0 spiro atoms. The second-order valence-corrected chi connectivity index (χ2v) is 28.8.